The smallest absolute Gasteiger partial charge is 0.123 e. The molecule has 1 atom stereocenters. The fraction of sp³-hybridized carbons (Fsp3) is 0.250. The summed E-state index contributed by atoms with van der Waals surface area (Å²) in [4.78, 5) is 0. The first-order chi connectivity index (χ1) is 9.19. The molecule has 2 rings (SSSR count). The van der Waals surface area contributed by atoms with Gasteiger partial charge in [-0.1, -0.05) is 46.3 Å². The maximum Gasteiger partial charge on any atom is 0.123 e. The molecular formula is C16H16BrFO. The van der Waals surface area contributed by atoms with Crippen molar-refractivity contribution in [2.24, 2.45) is 5.92 Å². The molecule has 1 N–H and O–H groups in total. The van der Waals surface area contributed by atoms with Gasteiger partial charge >= 0.3 is 0 Å². The minimum atomic E-state index is -0.227. The zero-order valence-corrected chi connectivity index (χ0v) is 12.1. The Balaban J connectivity index is 2.07. The van der Waals surface area contributed by atoms with Gasteiger partial charge in [-0.15, -0.1) is 0 Å². The van der Waals surface area contributed by atoms with Gasteiger partial charge in [-0.05, 0) is 48.1 Å². The highest BCUT2D eigenvalue weighted by Gasteiger charge is 2.11. The lowest BCUT2D eigenvalue weighted by Crippen LogP contribution is -2.13. The molecule has 0 aliphatic heterocycles. The van der Waals surface area contributed by atoms with Gasteiger partial charge in [-0.3, -0.25) is 0 Å². The summed E-state index contributed by atoms with van der Waals surface area (Å²) in [5, 5.41) is 9.50. The van der Waals surface area contributed by atoms with Crippen molar-refractivity contribution in [3.05, 3.63) is 69.9 Å². The van der Waals surface area contributed by atoms with E-state index in [1.54, 1.807) is 6.07 Å². The summed E-state index contributed by atoms with van der Waals surface area (Å²) in [6.45, 7) is 0.0951. The molecule has 0 aliphatic rings. The Kier molecular flexibility index (Phi) is 5.11. The number of hydrogen-bond acceptors (Lipinski definition) is 1. The Bertz CT molecular complexity index is 542. The number of benzene rings is 2. The quantitative estimate of drug-likeness (QED) is 0.882. The first kappa shape index (κ1) is 14.2. The van der Waals surface area contributed by atoms with E-state index < -0.39 is 0 Å². The monoisotopic (exact) mass is 322 g/mol. The maximum atomic E-state index is 13.1. The number of halogens is 2. The molecule has 0 saturated heterocycles. The first-order valence-corrected chi connectivity index (χ1v) is 7.07. The van der Waals surface area contributed by atoms with Gasteiger partial charge < -0.3 is 5.11 Å². The van der Waals surface area contributed by atoms with Crippen LogP contribution in [0.3, 0.4) is 0 Å². The van der Waals surface area contributed by atoms with Gasteiger partial charge in [-0.25, -0.2) is 4.39 Å². The molecule has 0 fully saturated rings. The SMILES string of the molecule is OCC(Cc1cccc(F)c1)Cc1ccccc1Br. The molecule has 0 heterocycles. The number of rotatable bonds is 5. The minimum absolute atomic E-state index is 0.0951. The largest absolute Gasteiger partial charge is 0.396 e. The van der Waals surface area contributed by atoms with Gasteiger partial charge in [0.2, 0.25) is 0 Å². The van der Waals surface area contributed by atoms with E-state index in [1.165, 1.54) is 12.1 Å². The highest BCUT2D eigenvalue weighted by molar-refractivity contribution is 9.10. The van der Waals surface area contributed by atoms with Crippen molar-refractivity contribution >= 4 is 15.9 Å². The van der Waals surface area contributed by atoms with Crippen LogP contribution in [0, 0.1) is 11.7 Å². The fourth-order valence-corrected chi connectivity index (χ4v) is 2.62. The average molecular weight is 323 g/mol. The normalized spacial score (nSPS) is 12.4. The van der Waals surface area contributed by atoms with E-state index in [4.69, 9.17) is 0 Å². The molecule has 0 aromatic heterocycles. The molecule has 0 radical (unpaired) electrons. The van der Waals surface area contributed by atoms with Crippen LogP contribution in [0.4, 0.5) is 4.39 Å². The lowest BCUT2D eigenvalue weighted by Gasteiger charge is -2.15. The Morgan fingerprint density at radius 3 is 2.53 bits per heavy atom. The second-order valence-corrected chi connectivity index (χ2v) is 5.53. The summed E-state index contributed by atoms with van der Waals surface area (Å²) in [7, 11) is 0. The molecule has 0 amide bonds. The third-order valence-electron chi connectivity index (χ3n) is 3.14. The van der Waals surface area contributed by atoms with Crippen molar-refractivity contribution < 1.29 is 9.50 Å². The van der Waals surface area contributed by atoms with Crippen molar-refractivity contribution in [2.45, 2.75) is 12.8 Å². The minimum Gasteiger partial charge on any atom is -0.396 e. The molecule has 0 bridgehead atoms. The third-order valence-corrected chi connectivity index (χ3v) is 3.91. The van der Waals surface area contributed by atoms with Gasteiger partial charge in [-0.2, -0.15) is 0 Å². The van der Waals surface area contributed by atoms with Crippen LogP contribution >= 0.6 is 15.9 Å². The third kappa shape index (κ3) is 4.15. The van der Waals surface area contributed by atoms with Crippen LogP contribution in [0.25, 0.3) is 0 Å². The lowest BCUT2D eigenvalue weighted by atomic mass is 9.93. The number of aliphatic hydroxyl groups excluding tert-OH is 1. The van der Waals surface area contributed by atoms with Gasteiger partial charge in [0, 0.05) is 11.1 Å². The summed E-state index contributed by atoms with van der Waals surface area (Å²) in [5.74, 6) is -0.129. The zero-order valence-electron chi connectivity index (χ0n) is 10.5. The number of hydrogen-bond donors (Lipinski definition) is 1. The maximum absolute atomic E-state index is 13.1. The summed E-state index contributed by atoms with van der Waals surface area (Å²) >= 11 is 3.51. The van der Waals surface area contributed by atoms with E-state index >= 15 is 0 Å². The Hall–Kier alpha value is -1.19. The van der Waals surface area contributed by atoms with Crippen LogP contribution in [-0.2, 0) is 12.8 Å². The molecule has 2 aromatic carbocycles. The predicted octanol–water partition coefficient (Wildman–Crippen LogP) is 3.98. The molecule has 0 saturated carbocycles. The van der Waals surface area contributed by atoms with Gasteiger partial charge in [0.25, 0.3) is 0 Å². The molecule has 1 nitrogen and oxygen atoms in total. The van der Waals surface area contributed by atoms with E-state index in [1.807, 2.05) is 30.3 Å². The topological polar surface area (TPSA) is 20.2 Å². The van der Waals surface area contributed by atoms with E-state index in [2.05, 4.69) is 15.9 Å². The van der Waals surface area contributed by atoms with E-state index in [0.717, 1.165) is 22.0 Å². The van der Waals surface area contributed by atoms with Crippen molar-refractivity contribution in [3.8, 4) is 0 Å². The van der Waals surface area contributed by atoms with Crippen LogP contribution in [-0.4, -0.2) is 11.7 Å². The van der Waals surface area contributed by atoms with Crippen molar-refractivity contribution in [1.29, 1.82) is 0 Å². The van der Waals surface area contributed by atoms with E-state index in [9.17, 15) is 9.50 Å². The van der Waals surface area contributed by atoms with Crippen LogP contribution in [0.1, 0.15) is 11.1 Å². The van der Waals surface area contributed by atoms with Crippen molar-refractivity contribution in [3.63, 3.8) is 0 Å². The summed E-state index contributed by atoms with van der Waals surface area (Å²) in [5.41, 5.74) is 2.09. The number of aliphatic hydroxyl groups is 1. The molecule has 0 aliphatic carbocycles. The second kappa shape index (κ2) is 6.83. The molecule has 3 heteroatoms. The molecule has 0 spiro atoms. The average Bonchev–Trinajstić information content (AvgIpc) is 2.40. The van der Waals surface area contributed by atoms with Crippen LogP contribution in [0.15, 0.2) is 53.0 Å². The Morgan fingerprint density at radius 2 is 1.84 bits per heavy atom. The second-order valence-electron chi connectivity index (χ2n) is 4.68. The van der Waals surface area contributed by atoms with Crippen LogP contribution < -0.4 is 0 Å². The standard InChI is InChI=1S/C16H16BrFO/c17-16-7-2-1-5-14(16)9-13(11-19)8-12-4-3-6-15(18)10-12/h1-7,10,13,19H,8-9,11H2. The molecule has 1 unspecified atom stereocenters. The molecule has 100 valence electrons. The van der Waals surface area contributed by atoms with Crippen molar-refractivity contribution in [2.75, 3.05) is 6.61 Å². The van der Waals surface area contributed by atoms with Crippen LogP contribution in [0.5, 0.6) is 0 Å². The Morgan fingerprint density at radius 1 is 1.05 bits per heavy atom. The summed E-state index contributed by atoms with van der Waals surface area (Å²) in [6.07, 6.45) is 1.45. The zero-order chi connectivity index (χ0) is 13.7. The Labute approximate surface area is 121 Å². The highest BCUT2D eigenvalue weighted by Crippen LogP contribution is 2.21. The molecular weight excluding hydrogens is 307 g/mol. The van der Waals surface area contributed by atoms with Gasteiger partial charge in [0.05, 0.1) is 0 Å². The van der Waals surface area contributed by atoms with Gasteiger partial charge in [0.1, 0.15) is 5.82 Å². The first-order valence-electron chi connectivity index (χ1n) is 6.27. The lowest BCUT2D eigenvalue weighted by molar-refractivity contribution is 0.224. The fourth-order valence-electron chi connectivity index (χ4n) is 2.17. The van der Waals surface area contributed by atoms with E-state index in [-0.39, 0.29) is 18.3 Å². The summed E-state index contributed by atoms with van der Waals surface area (Å²) < 4.78 is 14.2. The van der Waals surface area contributed by atoms with Crippen molar-refractivity contribution in [1.82, 2.24) is 0 Å². The molecule has 19 heavy (non-hydrogen) atoms. The highest BCUT2D eigenvalue weighted by atomic mass is 79.9. The summed E-state index contributed by atoms with van der Waals surface area (Å²) in [6, 6.07) is 14.5. The van der Waals surface area contributed by atoms with Crippen LogP contribution in [0.2, 0.25) is 0 Å². The van der Waals surface area contributed by atoms with Gasteiger partial charge in [0.15, 0.2) is 0 Å². The van der Waals surface area contributed by atoms with E-state index in [0.29, 0.717) is 6.42 Å². The predicted molar refractivity (Wildman–Crippen MR) is 78.5 cm³/mol. The molecule has 2 aromatic rings.